The van der Waals surface area contributed by atoms with Gasteiger partial charge in [0.05, 0.1) is 11.7 Å². The van der Waals surface area contributed by atoms with Crippen LogP contribution in [0, 0.1) is 5.92 Å². The van der Waals surface area contributed by atoms with E-state index in [1.807, 2.05) is 20.8 Å². The van der Waals surface area contributed by atoms with Crippen molar-refractivity contribution in [3.8, 4) is 0 Å². The quantitative estimate of drug-likeness (QED) is 0.649. The zero-order valence-electron chi connectivity index (χ0n) is 15.5. The molecule has 2 saturated heterocycles. The number of amides is 2. The fraction of sp³-hybridized carbons (Fsp3) is 0.889. The first-order chi connectivity index (χ1) is 11.3. The van der Waals surface area contributed by atoms with Gasteiger partial charge in [0.1, 0.15) is 6.10 Å². The molecule has 2 aliphatic heterocycles. The summed E-state index contributed by atoms with van der Waals surface area (Å²) < 4.78 is 11.3. The number of carbonyl (C=O) groups excluding carboxylic acids is 2. The van der Waals surface area contributed by atoms with Crippen LogP contribution in [-0.4, -0.2) is 60.8 Å². The molecule has 1 N–H and O–H groups in total. The summed E-state index contributed by atoms with van der Waals surface area (Å²) in [5.41, 5.74) is -0.224. The Morgan fingerprint density at radius 3 is 2.88 bits per heavy atom. The van der Waals surface area contributed by atoms with E-state index >= 15 is 0 Å². The van der Waals surface area contributed by atoms with Gasteiger partial charge in [-0.1, -0.05) is 13.8 Å². The minimum Gasteiger partial charge on any atom is -0.376 e. The Balaban J connectivity index is 1.66. The van der Waals surface area contributed by atoms with Gasteiger partial charge in [0.25, 0.3) is 0 Å². The van der Waals surface area contributed by atoms with Crippen molar-refractivity contribution in [1.82, 2.24) is 10.2 Å². The highest BCUT2D eigenvalue weighted by molar-refractivity contribution is 5.80. The lowest BCUT2D eigenvalue weighted by molar-refractivity contribution is -0.135. The fourth-order valence-corrected chi connectivity index (χ4v) is 3.10. The normalized spacial score (nSPS) is 26.8. The smallest absolute Gasteiger partial charge is 0.225 e. The van der Waals surface area contributed by atoms with Crippen LogP contribution in [0.4, 0.5) is 0 Å². The van der Waals surface area contributed by atoms with Crippen molar-refractivity contribution >= 4 is 11.8 Å². The Kier molecular flexibility index (Phi) is 6.63. The van der Waals surface area contributed by atoms with Gasteiger partial charge < -0.3 is 19.7 Å². The van der Waals surface area contributed by atoms with E-state index in [1.54, 1.807) is 4.90 Å². The number of nitrogens with one attached hydrogen (secondary N) is 1. The molecule has 0 saturated carbocycles. The van der Waals surface area contributed by atoms with Crippen LogP contribution in [0.15, 0.2) is 0 Å². The highest BCUT2D eigenvalue weighted by atomic mass is 16.6. The average Bonchev–Trinajstić information content (AvgIpc) is 3.26. The summed E-state index contributed by atoms with van der Waals surface area (Å²) in [5, 5.41) is 2.93. The molecule has 3 atom stereocenters. The molecule has 2 amide bonds. The van der Waals surface area contributed by atoms with E-state index in [-0.39, 0.29) is 35.5 Å². The molecule has 24 heavy (non-hydrogen) atoms. The van der Waals surface area contributed by atoms with Crippen LogP contribution in [0.5, 0.6) is 0 Å². The maximum Gasteiger partial charge on any atom is 0.225 e. The summed E-state index contributed by atoms with van der Waals surface area (Å²) in [5.74, 6) is 0.119. The Morgan fingerprint density at radius 1 is 1.42 bits per heavy atom. The number of rotatable bonds is 9. The third-order valence-electron chi connectivity index (χ3n) is 4.76. The molecular weight excluding hydrogens is 308 g/mol. The molecular formula is C18H32N2O4. The predicted molar refractivity (Wildman–Crippen MR) is 91.6 cm³/mol. The van der Waals surface area contributed by atoms with Gasteiger partial charge in [-0.3, -0.25) is 9.59 Å². The summed E-state index contributed by atoms with van der Waals surface area (Å²) in [6.45, 7) is 10.5. The molecule has 0 aromatic heterocycles. The summed E-state index contributed by atoms with van der Waals surface area (Å²) in [6, 6.07) is 0. The van der Waals surface area contributed by atoms with E-state index in [4.69, 9.17) is 9.47 Å². The van der Waals surface area contributed by atoms with Crippen molar-refractivity contribution in [3.63, 3.8) is 0 Å². The zero-order valence-corrected chi connectivity index (χ0v) is 15.5. The highest BCUT2D eigenvalue weighted by Crippen LogP contribution is 2.33. The van der Waals surface area contributed by atoms with Crippen LogP contribution in [0.2, 0.25) is 0 Å². The van der Waals surface area contributed by atoms with E-state index < -0.39 is 0 Å². The first-order valence-electron chi connectivity index (χ1n) is 9.17. The molecule has 2 rings (SSSR count). The lowest BCUT2D eigenvalue weighted by atomic mass is 10.1. The zero-order chi connectivity index (χ0) is 17.7. The van der Waals surface area contributed by atoms with E-state index in [9.17, 15) is 9.59 Å². The van der Waals surface area contributed by atoms with Gasteiger partial charge in [0, 0.05) is 38.6 Å². The standard InChI is InChI=1S/C18H32N2O4/c1-5-10-23-18(3,4)7-8-19-16(21)6-9-20-12-15-14(24-15)11-13(2)17(20)22/h13-15H,5-12H2,1-4H3,(H,19,21). The second kappa shape index (κ2) is 8.30. The van der Waals surface area contributed by atoms with Crippen LogP contribution >= 0.6 is 0 Å². The molecule has 0 bridgehead atoms. The van der Waals surface area contributed by atoms with Crippen LogP contribution in [0.3, 0.4) is 0 Å². The number of likely N-dealkylation sites (tertiary alicyclic amines) is 1. The second-order valence-electron chi connectivity index (χ2n) is 7.59. The molecule has 138 valence electrons. The number of nitrogens with zero attached hydrogens (tertiary/aromatic N) is 1. The molecule has 2 heterocycles. The van der Waals surface area contributed by atoms with Crippen LogP contribution in [0.1, 0.15) is 53.4 Å². The largest absolute Gasteiger partial charge is 0.376 e. The number of hydrogen-bond donors (Lipinski definition) is 1. The lowest BCUT2D eigenvalue weighted by Gasteiger charge is -2.25. The molecule has 0 radical (unpaired) electrons. The van der Waals surface area contributed by atoms with Gasteiger partial charge in [-0.15, -0.1) is 0 Å². The van der Waals surface area contributed by atoms with Gasteiger partial charge in [0.15, 0.2) is 0 Å². The SMILES string of the molecule is CCCOC(C)(C)CCNC(=O)CCN1CC2OC2CC(C)C1=O. The van der Waals surface area contributed by atoms with Crippen molar-refractivity contribution < 1.29 is 19.1 Å². The number of ether oxygens (including phenoxy) is 2. The molecule has 6 heteroatoms. The van der Waals surface area contributed by atoms with E-state index in [0.29, 0.717) is 26.1 Å². The van der Waals surface area contributed by atoms with E-state index in [0.717, 1.165) is 25.9 Å². The fourth-order valence-electron chi connectivity index (χ4n) is 3.10. The first kappa shape index (κ1) is 19.2. The predicted octanol–water partition coefficient (Wildman–Crippen LogP) is 1.72. The van der Waals surface area contributed by atoms with Crippen molar-refractivity contribution in [2.45, 2.75) is 71.2 Å². The second-order valence-corrected chi connectivity index (χ2v) is 7.59. The molecule has 6 nitrogen and oxygen atoms in total. The van der Waals surface area contributed by atoms with Crippen molar-refractivity contribution in [2.24, 2.45) is 5.92 Å². The third kappa shape index (κ3) is 5.74. The highest BCUT2D eigenvalue weighted by Gasteiger charge is 2.46. The van der Waals surface area contributed by atoms with Gasteiger partial charge in [-0.2, -0.15) is 0 Å². The summed E-state index contributed by atoms with van der Waals surface area (Å²) in [7, 11) is 0. The number of hydrogen-bond acceptors (Lipinski definition) is 4. The van der Waals surface area contributed by atoms with Gasteiger partial charge in [-0.25, -0.2) is 0 Å². The molecule has 2 fully saturated rings. The third-order valence-corrected chi connectivity index (χ3v) is 4.76. The van der Waals surface area contributed by atoms with Crippen molar-refractivity contribution in [2.75, 3.05) is 26.2 Å². The van der Waals surface area contributed by atoms with Crippen LogP contribution in [0.25, 0.3) is 0 Å². The maximum atomic E-state index is 12.3. The number of carbonyl (C=O) groups is 2. The number of epoxide rings is 1. The maximum absolute atomic E-state index is 12.3. The topological polar surface area (TPSA) is 71.2 Å². The molecule has 0 spiro atoms. The number of fused-ring (bicyclic) bond motifs is 1. The first-order valence-corrected chi connectivity index (χ1v) is 9.17. The summed E-state index contributed by atoms with van der Waals surface area (Å²) in [6.07, 6.45) is 3.33. The van der Waals surface area contributed by atoms with Gasteiger partial charge in [0.2, 0.25) is 11.8 Å². The Bertz CT molecular complexity index is 452. The Labute approximate surface area is 145 Å². The molecule has 3 unspecified atom stereocenters. The van der Waals surface area contributed by atoms with Crippen LogP contribution in [-0.2, 0) is 19.1 Å². The minimum absolute atomic E-state index is 0.0120. The van der Waals surface area contributed by atoms with Gasteiger partial charge >= 0.3 is 0 Å². The Hall–Kier alpha value is -1.14. The summed E-state index contributed by atoms with van der Waals surface area (Å²) >= 11 is 0. The van der Waals surface area contributed by atoms with E-state index in [1.165, 1.54) is 0 Å². The molecule has 0 aliphatic carbocycles. The van der Waals surface area contributed by atoms with Crippen molar-refractivity contribution in [1.29, 1.82) is 0 Å². The molecule has 0 aromatic rings. The van der Waals surface area contributed by atoms with Gasteiger partial charge in [-0.05, 0) is 33.1 Å². The monoisotopic (exact) mass is 340 g/mol. The average molecular weight is 340 g/mol. The van der Waals surface area contributed by atoms with Crippen LogP contribution < -0.4 is 5.32 Å². The van der Waals surface area contributed by atoms with Crippen molar-refractivity contribution in [3.05, 3.63) is 0 Å². The molecule has 0 aromatic carbocycles. The summed E-state index contributed by atoms with van der Waals surface area (Å²) in [4.78, 5) is 26.1. The Morgan fingerprint density at radius 2 is 2.17 bits per heavy atom. The van der Waals surface area contributed by atoms with E-state index in [2.05, 4.69) is 12.2 Å². The minimum atomic E-state index is -0.224. The molecule has 2 aliphatic rings. The lowest BCUT2D eigenvalue weighted by Crippen LogP contribution is -2.39.